The topological polar surface area (TPSA) is 116 Å². The molecule has 0 bridgehead atoms. The molecule has 10 nitrogen and oxygen atoms in total. The summed E-state index contributed by atoms with van der Waals surface area (Å²) in [7, 11) is -3.96. The molecule has 2 aromatic carbocycles. The van der Waals surface area contributed by atoms with Gasteiger partial charge in [0.05, 0.1) is 13.2 Å². The first kappa shape index (κ1) is 25.9. The average Bonchev–Trinajstić information content (AvgIpc) is 3.14. The number of carbonyl (C=O) groups is 2. The van der Waals surface area contributed by atoms with Crippen LogP contribution in [0.4, 0.5) is 0 Å². The maximum absolute atomic E-state index is 12.4. The Morgan fingerprint density at radius 2 is 1.68 bits per heavy atom. The molecule has 0 N–H and O–H groups in total. The van der Waals surface area contributed by atoms with E-state index in [1.807, 2.05) is 19.1 Å². The Labute approximate surface area is 197 Å². The number of esters is 2. The second-order valence-corrected chi connectivity index (χ2v) is 9.10. The van der Waals surface area contributed by atoms with Gasteiger partial charge in [-0.3, -0.25) is 14.2 Å². The molecular weight excluding hydrogens is 467 g/mol. The molecule has 1 heterocycles. The van der Waals surface area contributed by atoms with E-state index in [1.165, 1.54) is 0 Å². The highest BCUT2D eigenvalue weighted by Crippen LogP contribution is 2.48. The number of hydrogen-bond donors (Lipinski definition) is 0. The van der Waals surface area contributed by atoms with Gasteiger partial charge in [0.25, 0.3) is 0 Å². The van der Waals surface area contributed by atoms with Crippen LogP contribution in [-0.4, -0.2) is 44.5 Å². The number of ether oxygens (including phenoxy) is 3. The van der Waals surface area contributed by atoms with E-state index in [0.29, 0.717) is 11.5 Å². The van der Waals surface area contributed by atoms with Crippen LogP contribution >= 0.6 is 7.60 Å². The van der Waals surface area contributed by atoms with E-state index in [0.717, 1.165) is 16.7 Å². The zero-order valence-corrected chi connectivity index (χ0v) is 20.1. The number of carbonyl (C=O) groups excluding carboxylic acids is 2. The van der Waals surface area contributed by atoms with Gasteiger partial charge in [0.1, 0.15) is 30.6 Å². The Kier molecular flexibility index (Phi) is 9.20. The molecule has 34 heavy (non-hydrogen) atoms. The zero-order valence-electron chi connectivity index (χ0n) is 19.2. The Bertz CT molecular complexity index is 1020. The lowest BCUT2D eigenvalue weighted by molar-refractivity contribution is -0.263. The highest BCUT2D eigenvalue weighted by Gasteiger charge is 2.35. The first-order chi connectivity index (χ1) is 16.3. The summed E-state index contributed by atoms with van der Waals surface area (Å²) >= 11 is 0. The summed E-state index contributed by atoms with van der Waals surface area (Å²) in [6.45, 7) is 5.37. The molecule has 2 aromatic rings. The Morgan fingerprint density at radius 3 is 2.32 bits per heavy atom. The summed E-state index contributed by atoms with van der Waals surface area (Å²) in [6, 6.07) is 12.7. The second-order valence-electron chi connectivity index (χ2n) is 7.26. The van der Waals surface area contributed by atoms with Crippen molar-refractivity contribution >= 4 is 19.5 Å². The van der Waals surface area contributed by atoms with Crippen molar-refractivity contribution in [2.45, 2.75) is 26.7 Å². The van der Waals surface area contributed by atoms with Crippen LogP contribution < -0.4 is 9.47 Å². The summed E-state index contributed by atoms with van der Waals surface area (Å²) in [6.07, 6.45) is -0.680. The monoisotopic (exact) mass is 494 g/mol. The lowest BCUT2D eigenvalue weighted by atomic mass is 9.92. The van der Waals surface area contributed by atoms with E-state index in [9.17, 15) is 14.2 Å². The third-order valence-corrected chi connectivity index (χ3v) is 5.95. The summed E-state index contributed by atoms with van der Waals surface area (Å²) < 4.78 is 37.7. The van der Waals surface area contributed by atoms with Crippen LogP contribution in [0.3, 0.4) is 0 Å². The summed E-state index contributed by atoms with van der Waals surface area (Å²) in [5.74, 6) is -0.528. The highest BCUT2D eigenvalue weighted by atomic mass is 31.2. The molecule has 1 aliphatic heterocycles. The van der Waals surface area contributed by atoms with E-state index >= 15 is 0 Å². The molecule has 0 aromatic heterocycles. The van der Waals surface area contributed by atoms with Crippen LogP contribution in [0.5, 0.6) is 11.5 Å². The van der Waals surface area contributed by atoms with E-state index < -0.39 is 25.6 Å². The minimum absolute atomic E-state index is 0.0571. The van der Waals surface area contributed by atoms with Crippen molar-refractivity contribution in [3.05, 3.63) is 59.2 Å². The summed E-state index contributed by atoms with van der Waals surface area (Å²) in [4.78, 5) is 33.6. The lowest BCUT2D eigenvalue weighted by Crippen LogP contribution is -2.17. The largest absolute Gasteiger partial charge is 0.490 e. The average molecular weight is 494 g/mol. The van der Waals surface area contributed by atoms with Crippen LogP contribution in [0.15, 0.2) is 42.5 Å². The number of rotatable bonds is 13. The maximum Gasteiger partial charge on any atom is 0.395 e. The molecule has 1 aliphatic rings. The van der Waals surface area contributed by atoms with E-state index in [2.05, 4.69) is 19.1 Å². The van der Waals surface area contributed by atoms with Crippen molar-refractivity contribution in [2.24, 2.45) is 0 Å². The van der Waals surface area contributed by atoms with Crippen molar-refractivity contribution in [3.8, 4) is 11.5 Å². The molecule has 184 valence electrons. The molecular formula is C23H27O10P. The zero-order chi connectivity index (χ0) is 24.6. The normalized spacial score (nSPS) is 15.0. The SMILES string of the molecule is CCOOP(=O)(CC(=O)OCCOc1ccc(C2C(=O)Oc3ccc(C)cc32)cc1)OOCC. The molecule has 0 spiro atoms. The van der Waals surface area contributed by atoms with Gasteiger partial charge in [-0.25, -0.2) is 9.78 Å². The molecule has 0 aliphatic carbocycles. The van der Waals surface area contributed by atoms with Crippen molar-refractivity contribution < 1.29 is 47.5 Å². The predicted molar refractivity (Wildman–Crippen MR) is 119 cm³/mol. The van der Waals surface area contributed by atoms with Gasteiger partial charge in [-0.1, -0.05) is 29.8 Å². The van der Waals surface area contributed by atoms with Crippen molar-refractivity contribution in [2.75, 3.05) is 32.6 Å². The molecule has 0 fully saturated rings. The van der Waals surface area contributed by atoms with Gasteiger partial charge in [0, 0.05) is 5.56 Å². The summed E-state index contributed by atoms with van der Waals surface area (Å²) in [5, 5.41) is 0. The lowest BCUT2D eigenvalue weighted by Gasteiger charge is -2.15. The van der Waals surface area contributed by atoms with Gasteiger partial charge < -0.3 is 14.2 Å². The van der Waals surface area contributed by atoms with Gasteiger partial charge in [0.15, 0.2) is 6.16 Å². The first-order valence-electron chi connectivity index (χ1n) is 10.8. The van der Waals surface area contributed by atoms with Gasteiger partial charge in [0.2, 0.25) is 0 Å². The van der Waals surface area contributed by atoms with Crippen molar-refractivity contribution in [1.82, 2.24) is 0 Å². The quantitative estimate of drug-likeness (QED) is 0.101. The minimum Gasteiger partial charge on any atom is -0.490 e. The third-order valence-electron chi connectivity index (χ3n) is 4.64. The van der Waals surface area contributed by atoms with Crippen LogP contribution in [-0.2, 0) is 38.0 Å². The van der Waals surface area contributed by atoms with Crippen LogP contribution in [0.2, 0.25) is 0 Å². The van der Waals surface area contributed by atoms with E-state index in [4.69, 9.17) is 14.2 Å². The molecule has 0 radical (unpaired) electrons. The van der Waals surface area contributed by atoms with Crippen molar-refractivity contribution in [3.63, 3.8) is 0 Å². The van der Waals surface area contributed by atoms with Crippen molar-refractivity contribution in [1.29, 1.82) is 0 Å². The number of fused-ring (bicyclic) bond motifs is 1. The van der Waals surface area contributed by atoms with Gasteiger partial charge in [-0.15, -0.1) is 9.35 Å². The van der Waals surface area contributed by atoms with Crippen LogP contribution in [0, 0.1) is 6.92 Å². The predicted octanol–water partition coefficient (Wildman–Crippen LogP) is 4.10. The fourth-order valence-corrected chi connectivity index (χ4v) is 4.27. The van der Waals surface area contributed by atoms with Gasteiger partial charge >= 0.3 is 19.5 Å². The van der Waals surface area contributed by atoms with E-state index in [1.54, 1.807) is 44.2 Å². The number of benzene rings is 2. The minimum atomic E-state index is -3.96. The fourth-order valence-electron chi connectivity index (χ4n) is 3.20. The molecule has 3 rings (SSSR count). The maximum atomic E-state index is 12.4. The van der Waals surface area contributed by atoms with E-state index in [-0.39, 0.29) is 32.4 Å². The third kappa shape index (κ3) is 6.88. The standard InChI is InChI=1S/C23H27O10P/c1-4-29-32-34(26,33-30-5-2)15-21(24)28-13-12-27-18-9-7-17(8-10-18)22-19-14-16(3)6-11-20(19)31-23(22)25/h6-11,14,22H,4-5,12-13,15H2,1-3H3. The highest BCUT2D eigenvalue weighted by molar-refractivity contribution is 7.54. The fraction of sp³-hybridized carbons (Fsp3) is 0.391. The Balaban J connectivity index is 1.48. The van der Waals surface area contributed by atoms with Crippen LogP contribution in [0.25, 0.3) is 0 Å². The number of aryl methyl sites for hydroxylation is 1. The first-order valence-corrected chi connectivity index (χ1v) is 12.5. The smallest absolute Gasteiger partial charge is 0.395 e. The second kappa shape index (κ2) is 12.1. The van der Waals surface area contributed by atoms with Gasteiger partial charge in [-0.2, -0.15) is 0 Å². The Hall–Kier alpha value is -2.75. The molecule has 0 saturated carbocycles. The van der Waals surface area contributed by atoms with Gasteiger partial charge in [-0.05, 0) is 44.5 Å². The molecule has 0 saturated heterocycles. The summed E-state index contributed by atoms with van der Waals surface area (Å²) in [5.41, 5.74) is 2.67. The molecule has 0 amide bonds. The molecule has 1 atom stereocenters. The number of hydrogen-bond acceptors (Lipinski definition) is 10. The Morgan fingerprint density at radius 1 is 1.00 bits per heavy atom. The molecule has 1 unspecified atom stereocenters. The molecule has 11 heteroatoms. The van der Waals surface area contributed by atoms with Crippen LogP contribution in [0.1, 0.15) is 36.5 Å².